The molecule has 0 saturated heterocycles. The predicted octanol–water partition coefficient (Wildman–Crippen LogP) is 1.53. The number of ether oxygens (including phenoxy) is 1. The first-order chi connectivity index (χ1) is 6.24. The third-order valence-electron chi connectivity index (χ3n) is 1.68. The van der Waals surface area contributed by atoms with Gasteiger partial charge in [-0.25, -0.2) is 0 Å². The molecule has 13 heavy (non-hydrogen) atoms. The Kier molecular flexibility index (Phi) is 3.92. The van der Waals surface area contributed by atoms with Gasteiger partial charge >= 0.3 is 5.97 Å². The zero-order chi connectivity index (χ0) is 9.68. The molecule has 0 spiro atoms. The van der Waals surface area contributed by atoms with Gasteiger partial charge in [-0.3, -0.25) is 4.79 Å². The largest absolute Gasteiger partial charge is 0.459 e. The van der Waals surface area contributed by atoms with E-state index in [-0.39, 0.29) is 5.97 Å². The van der Waals surface area contributed by atoms with Crippen molar-refractivity contribution < 1.29 is 9.53 Å². The Morgan fingerprint density at radius 2 is 2.54 bits per heavy atom. The summed E-state index contributed by atoms with van der Waals surface area (Å²) in [6, 6.07) is 3.36. The summed E-state index contributed by atoms with van der Waals surface area (Å²) in [7, 11) is 0. The average molecular weight is 199 g/mol. The lowest BCUT2D eigenvalue weighted by molar-refractivity contribution is -0.146. The Morgan fingerprint density at radius 3 is 3.08 bits per heavy atom. The van der Waals surface area contributed by atoms with E-state index in [1.54, 1.807) is 11.3 Å². The molecule has 1 heterocycles. The van der Waals surface area contributed by atoms with Crippen LogP contribution in [0.4, 0.5) is 0 Å². The molecule has 1 rings (SSSR count). The molecular weight excluding hydrogens is 186 g/mol. The van der Waals surface area contributed by atoms with Crippen molar-refractivity contribution in [2.75, 3.05) is 0 Å². The van der Waals surface area contributed by atoms with Gasteiger partial charge in [-0.05, 0) is 17.9 Å². The fourth-order valence-corrected chi connectivity index (χ4v) is 1.43. The molecule has 72 valence electrons. The van der Waals surface area contributed by atoms with Crippen LogP contribution >= 0.6 is 11.3 Å². The van der Waals surface area contributed by atoms with Crippen molar-refractivity contribution in [3.63, 3.8) is 0 Å². The summed E-state index contributed by atoms with van der Waals surface area (Å²) in [5.74, 6) is -0.323. The number of rotatable bonds is 4. The van der Waals surface area contributed by atoms with E-state index < -0.39 is 6.04 Å². The highest BCUT2D eigenvalue weighted by atomic mass is 32.1. The number of nitrogens with two attached hydrogens (primary N) is 1. The zero-order valence-electron chi connectivity index (χ0n) is 7.53. The lowest BCUT2D eigenvalue weighted by Gasteiger charge is -2.07. The van der Waals surface area contributed by atoms with Gasteiger partial charge in [-0.1, -0.05) is 13.0 Å². The summed E-state index contributed by atoms with van der Waals surface area (Å²) < 4.78 is 4.99. The summed E-state index contributed by atoms with van der Waals surface area (Å²) in [6.45, 7) is 2.20. The summed E-state index contributed by atoms with van der Waals surface area (Å²) in [5.41, 5.74) is 5.48. The molecule has 1 unspecified atom stereocenters. The molecule has 0 radical (unpaired) electrons. The molecule has 0 fully saturated rings. The Labute approximate surface area is 81.5 Å². The lowest BCUT2D eigenvalue weighted by atomic mass is 10.2. The van der Waals surface area contributed by atoms with Crippen molar-refractivity contribution in [1.29, 1.82) is 0 Å². The highest BCUT2D eigenvalue weighted by Gasteiger charge is 2.12. The van der Waals surface area contributed by atoms with Crippen LogP contribution in [0.1, 0.15) is 18.2 Å². The summed E-state index contributed by atoms with van der Waals surface area (Å²) in [5, 5.41) is 1.95. The lowest BCUT2D eigenvalue weighted by Crippen LogP contribution is -2.31. The molecule has 0 aliphatic heterocycles. The Bertz CT molecular complexity index is 259. The molecule has 4 heteroatoms. The van der Waals surface area contributed by atoms with Crippen molar-refractivity contribution in [2.45, 2.75) is 26.0 Å². The third-order valence-corrected chi connectivity index (χ3v) is 2.53. The first-order valence-electron chi connectivity index (χ1n) is 4.18. The fourth-order valence-electron chi connectivity index (χ4n) is 0.811. The predicted molar refractivity (Wildman–Crippen MR) is 52.4 cm³/mol. The zero-order valence-corrected chi connectivity index (χ0v) is 8.34. The van der Waals surface area contributed by atoms with Gasteiger partial charge in [-0.2, -0.15) is 0 Å². The van der Waals surface area contributed by atoms with Gasteiger partial charge in [0.2, 0.25) is 0 Å². The van der Waals surface area contributed by atoms with Crippen molar-refractivity contribution in [3.05, 3.63) is 22.4 Å². The maximum atomic E-state index is 11.1. The summed E-state index contributed by atoms with van der Waals surface area (Å²) in [6.07, 6.45) is 0.614. The Hall–Kier alpha value is -0.870. The van der Waals surface area contributed by atoms with Gasteiger partial charge in [0.05, 0.1) is 0 Å². The quantitative estimate of drug-likeness (QED) is 0.748. The molecule has 0 aliphatic carbocycles. The van der Waals surface area contributed by atoms with Gasteiger partial charge in [0.15, 0.2) is 0 Å². The van der Waals surface area contributed by atoms with Crippen LogP contribution in [-0.4, -0.2) is 12.0 Å². The Morgan fingerprint density at radius 1 is 1.77 bits per heavy atom. The van der Waals surface area contributed by atoms with Crippen LogP contribution in [0.15, 0.2) is 17.5 Å². The van der Waals surface area contributed by atoms with Gasteiger partial charge in [0.1, 0.15) is 12.6 Å². The summed E-state index contributed by atoms with van der Waals surface area (Å²) in [4.78, 5) is 12.2. The summed E-state index contributed by atoms with van der Waals surface area (Å²) >= 11 is 1.57. The molecule has 1 atom stereocenters. The first-order valence-corrected chi connectivity index (χ1v) is 5.06. The van der Waals surface area contributed by atoms with E-state index in [0.717, 1.165) is 4.88 Å². The molecule has 0 amide bonds. The van der Waals surface area contributed by atoms with Crippen LogP contribution in [0.5, 0.6) is 0 Å². The molecule has 0 aromatic carbocycles. The molecule has 3 nitrogen and oxygen atoms in total. The number of hydrogen-bond donors (Lipinski definition) is 1. The van der Waals surface area contributed by atoms with E-state index >= 15 is 0 Å². The van der Waals surface area contributed by atoms with E-state index in [4.69, 9.17) is 10.5 Å². The van der Waals surface area contributed by atoms with Crippen LogP contribution < -0.4 is 5.73 Å². The van der Waals surface area contributed by atoms with Crippen molar-refractivity contribution in [2.24, 2.45) is 5.73 Å². The SMILES string of the molecule is CCC(N)C(=O)OCc1cccs1. The van der Waals surface area contributed by atoms with Crippen LogP contribution in [-0.2, 0) is 16.1 Å². The highest BCUT2D eigenvalue weighted by Crippen LogP contribution is 2.09. The third kappa shape index (κ3) is 3.16. The standard InChI is InChI=1S/C9H13NO2S/c1-2-8(10)9(11)12-6-7-4-3-5-13-7/h3-5,8H,2,6,10H2,1H3. The number of esters is 1. The topological polar surface area (TPSA) is 52.3 Å². The van der Waals surface area contributed by atoms with Crippen molar-refractivity contribution in [3.8, 4) is 0 Å². The fraction of sp³-hybridized carbons (Fsp3) is 0.444. The van der Waals surface area contributed by atoms with Crippen molar-refractivity contribution in [1.82, 2.24) is 0 Å². The minimum atomic E-state index is -0.486. The van der Waals surface area contributed by atoms with Crippen LogP contribution in [0.2, 0.25) is 0 Å². The number of carbonyl (C=O) groups excluding carboxylic acids is 1. The minimum absolute atomic E-state index is 0.323. The van der Waals surface area contributed by atoms with Crippen LogP contribution in [0, 0.1) is 0 Å². The minimum Gasteiger partial charge on any atom is -0.459 e. The van der Waals surface area contributed by atoms with Gasteiger partial charge in [-0.15, -0.1) is 11.3 Å². The van der Waals surface area contributed by atoms with Crippen LogP contribution in [0.3, 0.4) is 0 Å². The van der Waals surface area contributed by atoms with E-state index in [0.29, 0.717) is 13.0 Å². The smallest absolute Gasteiger partial charge is 0.323 e. The molecule has 2 N–H and O–H groups in total. The average Bonchev–Trinajstić information content (AvgIpc) is 2.65. The molecule has 1 aromatic heterocycles. The molecule has 0 aliphatic rings. The number of carbonyl (C=O) groups is 1. The van der Waals surface area contributed by atoms with Gasteiger partial charge in [0.25, 0.3) is 0 Å². The molecule has 1 aromatic rings. The Balaban J connectivity index is 2.31. The second-order valence-electron chi connectivity index (χ2n) is 2.70. The van der Waals surface area contributed by atoms with E-state index in [9.17, 15) is 4.79 Å². The maximum absolute atomic E-state index is 11.1. The highest BCUT2D eigenvalue weighted by molar-refractivity contribution is 7.09. The molecule has 0 bridgehead atoms. The van der Waals surface area contributed by atoms with E-state index in [1.165, 1.54) is 0 Å². The number of thiophene rings is 1. The van der Waals surface area contributed by atoms with Gasteiger partial charge < -0.3 is 10.5 Å². The van der Waals surface area contributed by atoms with Gasteiger partial charge in [0, 0.05) is 4.88 Å². The first kappa shape index (κ1) is 10.2. The van der Waals surface area contributed by atoms with E-state index in [1.807, 2.05) is 24.4 Å². The van der Waals surface area contributed by atoms with Crippen LogP contribution in [0.25, 0.3) is 0 Å². The monoisotopic (exact) mass is 199 g/mol. The second-order valence-corrected chi connectivity index (χ2v) is 3.73. The molecule has 0 saturated carbocycles. The van der Waals surface area contributed by atoms with E-state index in [2.05, 4.69) is 0 Å². The normalized spacial score (nSPS) is 12.5. The number of hydrogen-bond acceptors (Lipinski definition) is 4. The van der Waals surface area contributed by atoms with Crippen molar-refractivity contribution >= 4 is 17.3 Å². The maximum Gasteiger partial charge on any atom is 0.323 e. The molecular formula is C9H13NO2S. The second kappa shape index (κ2) is 4.99.